The van der Waals surface area contributed by atoms with Crippen LogP contribution < -0.4 is 5.43 Å². The van der Waals surface area contributed by atoms with Crippen molar-refractivity contribution < 1.29 is 0 Å². The molecule has 0 spiro atoms. The third kappa shape index (κ3) is 2.21. The Morgan fingerprint density at radius 3 is 2.18 bits per heavy atom. The summed E-state index contributed by atoms with van der Waals surface area (Å²) in [5, 5.41) is 2.03. The number of benzene rings is 3. The van der Waals surface area contributed by atoms with Crippen molar-refractivity contribution in [3.8, 4) is 11.1 Å². The summed E-state index contributed by atoms with van der Waals surface area (Å²) in [5.41, 5.74) is 2.21. The van der Waals surface area contributed by atoms with Gasteiger partial charge in [-0.05, 0) is 41.5 Å². The minimum atomic E-state index is 0.0454. The Labute approximate surface area is 136 Å². The molecule has 4 rings (SSSR count). The van der Waals surface area contributed by atoms with Gasteiger partial charge in [-0.15, -0.1) is 11.3 Å². The lowest BCUT2D eigenvalue weighted by Gasteiger charge is -2.05. The first kappa shape index (κ1) is 13.5. The third-order valence-corrected chi connectivity index (χ3v) is 5.12. The fourth-order valence-corrected chi connectivity index (χ4v) is 3.84. The predicted octanol–water partition coefficient (Wildman–Crippen LogP) is 5.74. The van der Waals surface area contributed by atoms with Crippen molar-refractivity contribution in [2.45, 2.75) is 0 Å². The van der Waals surface area contributed by atoms with E-state index < -0.39 is 0 Å². The first-order valence-electron chi connectivity index (χ1n) is 6.94. The summed E-state index contributed by atoms with van der Waals surface area (Å²) >= 11 is 7.65. The maximum atomic E-state index is 12.8. The second-order valence-corrected chi connectivity index (χ2v) is 6.67. The van der Waals surface area contributed by atoms with E-state index in [1.165, 1.54) is 0 Å². The molecular weight excluding hydrogens is 312 g/mol. The van der Waals surface area contributed by atoms with Crippen LogP contribution >= 0.6 is 22.9 Å². The van der Waals surface area contributed by atoms with Crippen molar-refractivity contribution in [1.82, 2.24) is 0 Å². The summed E-state index contributed by atoms with van der Waals surface area (Å²) in [6.45, 7) is 0. The van der Waals surface area contributed by atoms with Gasteiger partial charge in [0.25, 0.3) is 0 Å². The fourth-order valence-electron chi connectivity index (χ4n) is 2.64. The summed E-state index contributed by atoms with van der Waals surface area (Å²) in [7, 11) is 0. The highest BCUT2D eigenvalue weighted by molar-refractivity contribution is 7.24. The Morgan fingerprint density at radius 1 is 0.727 bits per heavy atom. The lowest BCUT2D eigenvalue weighted by molar-refractivity contribution is 1.65. The predicted molar refractivity (Wildman–Crippen MR) is 96.0 cm³/mol. The van der Waals surface area contributed by atoms with E-state index in [0.717, 1.165) is 25.9 Å². The van der Waals surface area contributed by atoms with Gasteiger partial charge in [0.2, 0.25) is 0 Å². The molecule has 4 aromatic rings. The molecule has 0 atom stereocenters. The van der Waals surface area contributed by atoms with Gasteiger partial charge in [0, 0.05) is 25.2 Å². The van der Waals surface area contributed by atoms with Crippen LogP contribution in [-0.2, 0) is 0 Å². The molecule has 1 aromatic heterocycles. The van der Waals surface area contributed by atoms with Crippen LogP contribution in [0, 0.1) is 0 Å². The zero-order chi connectivity index (χ0) is 15.1. The molecule has 0 N–H and O–H groups in total. The molecule has 0 saturated carbocycles. The average molecular weight is 323 g/mol. The highest BCUT2D eigenvalue weighted by Gasteiger charge is 2.08. The second-order valence-electron chi connectivity index (χ2n) is 5.15. The molecule has 0 bridgehead atoms. The molecular formula is C19H11ClOS. The Bertz CT molecular complexity index is 1050. The van der Waals surface area contributed by atoms with Crippen LogP contribution in [0.5, 0.6) is 0 Å². The third-order valence-electron chi connectivity index (χ3n) is 3.74. The van der Waals surface area contributed by atoms with Crippen molar-refractivity contribution in [3.05, 3.63) is 82.0 Å². The number of halogens is 1. The minimum absolute atomic E-state index is 0.0454. The van der Waals surface area contributed by atoms with E-state index in [1.54, 1.807) is 17.4 Å². The van der Waals surface area contributed by atoms with Gasteiger partial charge in [0.05, 0.1) is 0 Å². The quantitative estimate of drug-likeness (QED) is 0.409. The molecule has 0 radical (unpaired) electrons. The van der Waals surface area contributed by atoms with Crippen LogP contribution in [0.2, 0.25) is 5.02 Å². The van der Waals surface area contributed by atoms with E-state index in [4.69, 9.17) is 11.6 Å². The molecule has 3 aromatic carbocycles. The summed E-state index contributed by atoms with van der Waals surface area (Å²) in [6.07, 6.45) is 0. The topological polar surface area (TPSA) is 17.1 Å². The number of hydrogen-bond acceptors (Lipinski definition) is 2. The second kappa shape index (κ2) is 5.24. The van der Waals surface area contributed by atoms with E-state index >= 15 is 0 Å². The van der Waals surface area contributed by atoms with Crippen molar-refractivity contribution in [1.29, 1.82) is 0 Å². The maximum absolute atomic E-state index is 12.8. The zero-order valence-electron chi connectivity index (χ0n) is 11.5. The molecule has 3 heteroatoms. The van der Waals surface area contributed by atoms with Gasteiger partial charge in [-0.25, -0.2) is 0 Å². The Balaban J connectivity index is 2.05. The van der Waals surface area contributed by atoms with Crippen LogP contribution in [0.3, 0.4) is 0 Å². The minimum Gasteiger partial charge on any atom is -0.289 e. The van der Waals surface area contributed by atoms with Crippen molar-refractivity contribution in [3.63, 3.8) is 0 Å². The highest BCUT2D eigenvalue weighted by Crippen LogP contribution is 2.29. The van der Waals surface area contributed by atoms with Crippen molar-refractivity contribution in [2.24, 2.45) is 0 Å². The fraction of sp³-hybridized carbons (Fsp3) is 0. The molecule has 0 aliphatic heterocycles. The Kier molecular flexibility index (Phi) is 3.21. The zero-order valence-corrected chi connectivity index (χ0v) is 13.1. The van der Waals surface area contributed by atoms with E-state index in [0.29, 0.717) is 10.4 Å². The smallest absolute Gasteiger partial charge is 0.195 e. The largest absolute Gasteiger partial charge is 0.289 e. The summed E-state index contributed by atoms with van der Waals surface area (Å²) in [5.74, 6) is 0. The molecule has 1 heterocycles. The van der Waals surface area contributed by atoms with Crippen LogP contribution in [0.1, 0.15) is 0 Å². The average Bonchev–Trinajstić information content (AvgIpc) is 2.56. The molecule has 0 aliphatic rings. The van der Waals surface area contributed by atoms with Crippen LogP contribution in [0.15, 0.2) is 71.5 Å². The SMILES string of the molecule is O=c1c2cc(Cl)ccc2sc2ccc(-c3ccccc3)cc12. The normalized spacial score (nSPS) is 11.1. The summed E-state index contributed by atoms with van der Waals surface area (Å²) in [6, 6.07) is 21.6. The molecule has 0 fully saturated rings. The van der Waals surface area contributed by atoms with Crippen molar-refractivity contribution >= 4 is 43.1 Å². The van der Waals surface area contributed by atoms with Crippen LogP contribution in [-0.4, -0.2) is 0 Å². The highest BCUT2D eigenvalue weighted by atomic mass is 35.5. The van der Waals surface area contributed by atoms with E-state index in [-0.39, 0.29) is 5.43 Å². The van der Waals surface area contributed by atoms with Gasteiger partial charge in [-0.3, -0.25) is 4.79 Å². The van der Waals surface area contributed by atoms with Gasteiger partial charge in [0.15, 0.2) is 5.43 Å². The lowest BCUT2D eigenvalue weighted by Crippen LogP contribution is -2.01. The Hall–Kier alpha value is -2.16. The number of fused-ring (bicyclic) bond motifs is 2. The van der Waals surface area contributed by atoms with Gasteiger partial charge >= 0.3 is 0 Å². The summed E-state index contributed by atoms with van der Waals surface area (Å²) < 4.78 is 1.97. The first-order chi connectivity index (χ1) is 10.7. The van der Waals surface area contributed by atoms with Gasteiger partial charge in [0.1, 0.15) is 0 Å². The van der Waals surface area contributed by atoms with E-state index in [1.807, 2.05) is 54.6 Å². The van der Waals surface area contributed by atoms with E-state index in [2.05, 4.69) is 6.07 Å². The molecule has 106 valence electrons. The maximum Gasteiger partial charge on any atom is 0.195 e. The first-order valence-corrected chi connectivity index (χ1v) is 8.13. The molecule has 0 amide bonds. The Morgan fingerprint density at radius 2 is 1.41 bits per heavy atom. The van der Waals surface area contributed by atoms with E-state index in [9.17, 15) is 4.79 Å². The molecule has 22 heavy (non-hydrogen) atoms. The van der Waals surface area contributed by atoms with Gasteiger partial charge in [-0.1, -0.05) is 48.0 Å². The monoisotopic (exact) mass is 322 g/mol. The summed E-state index contributed by atoms with van der Waals surface area (Å²) in [4.78, 5) is 12.8. The van der Waals surface area contributed by atoms with Crippen molar-refractivity contribution in [2.75, 3.05) is 0 Å². The van der Waals surface area contributed by atoms with Gasteiger partial charge in [-0.2, -0.15) is 0 Å². The van der Waals surface area contributed by atoms with Gasteiger partial charge < -0.3 is 0 Å². The number of hydrogen-bond donors (Lipinski definition) is 0. The molecule has 0 unspecified atom stereocenters. The van der Waals surface area contributed by atoms with Crippen LogP contribution in [0.25, 0.3) is 31.3 Å². The molecule has 1 nitrogen and oxygen atoms in total. The molecule has 0 aliphatic carbocycles. The standard InChI is InChI=1S/C19H11ClOS/c20-14-7-9-18-16(11-14)19(21)15-10-13(6-8-17(15)22-18)12-4-2-1-3-5-12/h1-11H. The molecule has 0 saturated heterocycles. The lowest BCUT2D eigenvalue weighted by atomic mass is 10.0. The van der Waals surface area contributed by atoms with Crippen LogP contribution in [0.4, 0.5) is 0 Å². The number of rotatable bonds is 1.